The smallest absolute Gasteiger partial charge is 0.138 e. The van der Waals surface area contributed by atoms with Crippen LogP contribution in [0.2, 0.25) is 0 Å². The van der Waals surface area contributed by atoms with E-state index in [9.17, 15) is 0 Å². The summed E-state index contributed by atoms with van der Waals surface area (Å²) >= 11 is 0. The fourth-order valence-corrected chi connectivity index (χ4v) is 2.24. The Hall–Kier alpha value is -2.17. The molecule has 1 aliphatic rings. The van der Waals surface area contributed by atoms with Gasteiger partial charge in [0, 0.05) is 23.2 Å². The molecule has 3 rings (SSSR count). The Kier molecular flexibility index (Phi) is 3.49. The Labute approximate surface area is 124 Å². The van der Waals surface area contributed by atoms with E-state index in [1.807, 2.05) is 26.8 Å². The standard InChI is InChI=1S/C16H20N4O/c1-9(2)21-13-6-12(7-18-8-13)14-10(3)15(17)20-16(19-14)11-4-5-11/h6-9,11H,4-5H2,1-3H3,(H2,17,19,20). The molecule has 5 nitrogen and oxygen atoms in total. The van der Waals surface area contributed by atoms with Crippen LogP contribution in [0.5, 0.6) is 5.75 Å². The number of hydrogen-bond acceptors (Lipinski definition) is 5. The van der Waals surface area contributed by atoms with Gasteiger partial charge >= 0.3 is 0 Å². The topological polar surface area (TPSA) is 73.9 Å². The molecule has 5 heteroatoms. The lowest BCUT2D eigenvalue weighted by molar-refractivity contribution is 0.241. The zero-order valence-corrected chi connectivity index (χ0v) is 12.6. The third-order valence-corrected chi connectivity index (χ3v) is 3.50. The number of nitrogens with zero attached hydrogens (tertiary/aromatic N) is 3. The molecule has 1 fully saturated rings. The van der Waals surface area contributed by atoms with Gasteiger partial charge in [-0.15, -0.1) is 0 Å². The zero-order chi connectivity index (χ0) is 15.0. The van der Waals surface area contributed by atoms with Gasteiger partial charge < -0.3 is 10.5 Å². The number of nitrogen functional groups attached to an aromatic ring is 1. The van der Waals surface area contributed by atoms with Crippen LogP contribution in [0.3, 0.4) is 0 Å². The molecule has 21 heavy (non-hydrogen) atoms. The van der Waals surface area contributed by atoms with Gasteiger partial charge in [-0.1, -0.05) is 0 Å². The normalized spacial score (nSPS) is 14.5. The first kappa shape index (κ1) is 13.8. The van der Waals surface area contributed by atoms with Crippen molar-refractivity contribution in [3.8, 4) is 17.0 Å². The van der Waals surface area contributed by atoms with Crippen molar-refractivity contribution in [2.45, 2.75) is 45.6 Å². The van der Waals surface area contributed by atoms with Crippen molar-refractivity contribution >= 4 is 5.82 Å². The fourth-order valence-electron chi connectivity index (χ4n) is 2.24. The van der Waals surface area contributed by atoms with Crippen LogP contribution in [0.15, 0.2) is 18.5 Å². The molecule has 2 aromatic rings. The molecular weight excluding hydrogens is 264 g/mol. The van der Waals surface area contributed by atoms with E-state index < -0.39 is 0 Å². The molecule has 0 bridgehead atoms. The van der Waals surface area contributed by atoms with Gasteiger partial charge in [-0.05, 0) is 39.7 Å². The Morgan fingerprint density at radius 1 is 1.24 bits per heavy atom. The minimum absolute atomic E-state index is 0.112. The van der Waals surface area contributed by atoms with Gasteiger partial charge in [-0.25, -0.2) is 9.97 Å². The second kappa shape index (κ2) is 5.31. The highest BCUT2D eigenvalue weighted by atomic mass is 16.5. The van der Waals surface area contributed by atoms with Crippen LogP contribution in [0.4, 0.5) is 5.82 Å². The van der Waals surface area contributed by atoms with E-state index in [4.69, 9.17) is 15.5 Å². The fraction of sp³-hybridized carbons (Fsp3) is 0.438. The molecule has 0 aromatic carbocycles. The average Bonchev–Trinajstić information content (AvgIpc) is 3.25. The lowest BCUT2D eigenvalue weighted by atomic mass is 10.1. The van der Waals surface area contributed by atoms with Gasteiger partial charge in [-0.3, -0.25) is 4.98 Å². The highest BCUT2D eigenvalue weighted by Gasteiger charge is 2.28. The molecule has 0 unspecified atom stereocenters. The second-order valence-corrected chi connectivity index (χ2v) is 5.79. The Balaban J connectivity index is 2.03. The van der Waals surface area contributed by atoms with Gasteiger partial charge in [0.15, 0.2) is 0 Å². The van der Waals surface area contributed by atoms with Gasteiger partial charge in [0.25, 0.3) is 0 Å². The molecule has 0 aliphatic heterocycles. The molecule has 0 radical (unpaired) electrons. The monoisotopic (exact) mass is 284 g/mol. The van der Waals surface area contributed by atoms with E-state index in [0.29, 0.717) is 11.7 Å². The summed E-state index contributed by atoms with van der Waals surface area (Å²) in [5, 5.41) is 0. The summed E-state index contributed by atoms with van der Waals surface area (Å²) in [7, 11) is 0. The quantitative estimate of drug-likeness (QED) is 0.933. The molecule has 0 amide bonds. The number of nitrogens with two attached hydrogens (primary N) is 1. The van der Waals surface area contributed by atoms with Gasteiger partial charge in [0.1, 0.15) is 17.4 Å². The van der Waals surface area contributed by atoms with Crippen molar-refractivity contribution < 1.29 is 4.74 Å². The maximum atomic E-state index is 6.04. The van der Waals surface area contributed by atoms with Crippen LogP contribution >= 0.6 is 0 Å². The molecule has 0 saturated heterocycles. The maximum absolute atomic E-state index is 6.04. The highest BCUT2D eigenvalue weighted by Crippen LogP contribution is 2.39. The molecule has 110 valence electrons. The van der Waals surface area contributed by atoms with E-state index in [1.165, 1.54) is 0 Å². The highest BCUT2D eigenvalue weighted by molar-refractivity contribution is 5.67. The minimum Gasteiger partial charge on any atom is -0.489 e. The lowest BCUT2D eigenvalue weighted by Gasteiger charge is -2.12. The van der Waals surface area contributed by atoms with E-state index >= 15 is 0 Å². The average molecular weight is 284 g/mol. The molecule has 2 N–H and O–H groups in total. The first-order chi connectivity index (χ1) is 10.0. The number of hydrogen-bond donors (Lipinski definition) is 1. The van der Waals surface area contributed by atoms with Crippen LogP contribution in [-0.4, -0.2) is 21.1 Å². The molecule has 2 heterocycles. The van der Waals surface area contributed by atoms with Gasteiger partial charge in [-0.2, -0.15) is 0 Å². The third-order valence-electron chi connectivity index (χ3n) is 3.50. The van der Waals surface area contributed by atoms with Crippen LogP contribution in [0.25, 0.3) is 11.3 Å². The van der Waals surface area contributed by atoms with E-state index in [1.54, 1.807) is 12.4 Å². The second-order valence-electron chi connectivity index (χ2n) is 5.79. The Bertz CT molecular complexity index is 665. The third kappa shape index (κ3) is 2.96. The molecule has 0 atom stereocenters. The van der Waals surface area contributed by atoms with Crippen molar-refractivity contribution in [1.82, 2.24) is 15.0 Å². The van der Waals surface area contributed by atoms with Crippen LogP contribution in [0, 0.1) is 6.92 Å². The van der Waals surface area contributed by atoms with E-state index in [-0.39, 0.29) is 6.10 Å². The minimum atomic E-state index is 0.112. The number of rotatable bonds is 4. The summed E-state index contributed by atoms with van der Waals surface area (Å²) in [6.07, 6.45) is 5.91. The van der Waals surface area contributed by atoms with Gasteiger partial charge in [0.05, 0.1) is 18.0 Å². The summed E-state index contributed by atoms with van der Waals surface area (Å²) in [5.74, 6) is 2.61. The maximum Gasteiger partial charge on any atom is 0.138 e. The van der Waals surface area contributed by atoms with Gasteiger partial charge in [0.2, 0.25) is 0 Å². The zero-order valence-electron chi connectivity index (χ0n) is 12.6. The summed E-state index contributed by atoms with van der Waals surface area (Å²) in [6, 6.07) is 1.96. The molecule has 1 aliphatic carbocycles. The Morgan fingerprint density at radius 3 is 2.67 bits per heavy atom. The SMILES string of the molecule is Cc1c(N)nc(C2CC2)nc1-c1cncc(OC(C)C)c1. The molecule has 1 saturated carbocycles. The number of aromatic nitrogens is 3. The lowest BCUT2D eigenvalue weighted by Crippen LogP contribution is -2.07. The van der Waals surface area contributed by atoms with Crippen LogP contribution < -0.4 is 10.5 Å². The number of pyridine rings is 1. The van der Waals surface area contributed by atoms with E-state index in [0.717, 1.165) is 41.2 Å². The van der Waals surface area contributed by atoms with Crippen molar-refractivity contribution in [2.24, 2.45) is 0 Å². The number of ether oxygens (including phenoxy) is 1. The molecule has 2 aromatic heterocycles. The summed E-state index contributed by atoms with van der Waals surface area (Å²) in [4.78, 5) is 13.4. The number of anilines is 1. The first-order valence-corrected chi connectivity index (χ1v) is 7.30. The van der Waals surface area contributed by atoms with Crippen molar-refractivity contribution in [2.75, 3.05) is 5.73 Å². The predicted octanol–water partition coefficient (Wildman–Crippen LogP) is 3.09. The largest absolute Gasteiger partial charge is 0.489 e. The summed E-state index contributed by atoms with van der Waals surface area (Å²) in [5.41, 5.74) is 8.70. The first-order valence-electron chi connectivity index (χ1n) is 7.30. The summed E-state index contributed by atoms with van der Waals surface area (Å²) < 4.78 is 5.70. The molecular formula is C16H20N4O. The predicted molar refractivity (Wildman–Crippen MR) is 82.2 cm³/mol. The van der Waals surface area contributed by atoms with E-state index in [2.05, 4.69) is 9.97 Å². The Morgan fingerprint density at radius 2 is 2.00 bits per heavy atom. The van der Waals surface area contributed by atoms with Crippen LogP contribution in [-0.2, 0) is 0 Å². The summed E-state index contributed by atoms with van der Waals surface area (Å²) in [6.45, 7) is 5.93. The van der Waals surface area contributed by atoms with Crippen molar-refractivity contribution in [3.05, 3.63) is 29.8 Å². The van der Waals surface area contributed by atoms with Crippen molar-refractivity contribution in [1.29, 1.82) is 0 Å². The van der Waals surface area contributed by atoms with Crippen molar-refractivity contribution in [3.63, 3.8) is 0 Å². The molecule has 0 spiro atoms. The van der Waals surface area contributed by atoms with Crippen LogP contribution in [0.1, 0.15) is 44.0 Å².